The predicted molar refractivity (Wildman–Crippen MR) is 98.0 cm³/mol. The Hall–Kier alpha value is -3.80. The van der Waals surface area contributed by atoms with Crippen LogP contribution in [0.3, 0.4) is 0 Å². The van der Waals surface area contributed by atoms with Crippen LogP contribution in [0.25, 0.3) is 0 Å². The zero-order valence-corrected chi connectivity index (χ0v) is 15.7. The first-order valence-electron chi connectivity index (χ1n) is 9.03. The van der Waals surface area contributed by atoms with Crippen molar-refractivity contribution in [2.24, 2.45) is 16.7 Å². The second kappa shape index (κ2) is 6.35. The van der Waals surface area contributed by atoms with Crippen molar-refractivity contribution >= 4 is 5.90 Å². The van der Waals surface area contributed by atoms with E-state index < -0.39 is 46.2 Å². The van der Waals surface area contributed by atoms with Gasteiger partial charge in [-0.15, -0.1) is 0 Å². The summed E-state index contributed by atoms with van der Waals surface area (Å²) in [5.41, 5.74) is -3.78. The maximum absolute atomic E-state index is 14.0. The molecule has 2 aromatic carbocycles. The number of rotatable bonds is 2. The first-order valence-corrected chi connectivity index (χ1v) is 9.03. The van der Waals surface area contributed by atoms with E-state index >= 15 is 0 Å². The number of ether oxygens (including phenoxy) is 2. The first-order chi connectivity index (χ1) is 14.3. The van der Waals surface area contributed by atoms with Gasteiger partial charge in [0, 0.05) is 5.56 Å². The van der Waals surface area contributed by atoms with Gasteiger partial charge >= 0.3 is 0 Å². The van der Waals surface area contributed by atoms with E-state index in [9.17, 15) is 24.6 Å². The lowest BCUT2D eigenvalue weighted by Crippen LogP contribution is -2.57. The molecule has 4 atom stereocenters. The highest BCUT2D eigenvalue weighted by Crippen LogP contribution is 2.68. The van der Waals surface area contributed by atoms with Gasteiger partial charge in [-0.2, -0.15) is 15.8 Å². The Balaban J connectivity index is 2.05. The molecule has 2 bridgehead atoms. The van der Waals surface area contributed by atoms with Crippen molar-refractivity contribution in [3.05, 3.63) is 71.3 Å². The molecule has 0 aromatic heterocycles. The molecule has 2 aliphatic rings. The Morgan fingerprint density at radius 2 is 1.63 bits per heavy atom. The van der Waals surface area contributed by atoms with E-state index in [0.29, 0.717) is 5.56 Å². The lowest BCUT2D eigenvalue weighted by atomic mass is 9.53. The van der Waals surface area contributed by atoms with Gasteiger partial charge in [-0.1, -0.05) is 43.3 Å². The summed E-state index contributed by atoms with van der Waals surface area (Å²) in [5, 5.41) is 38.8. The third-order valence-electron chi connectivity index (χ3n) is 6.09. The van der Waals surface area contributed by atoms with Crippen molar-refractivity contribution in [1.29, 1.82) is 21.2 Å². The molecule has 2 saturated heterocycles. The molecule has 0 radical (unpaired) electrons. The normalized spacial score (nSPS) is 31.1. The van der Waals surface area contributed by atoms with Gasteiger partial charge in [-0.05, 0) is 17.7 Å². The Kier molecular flexibility index (Phi) is 4.13. The molecule has 4 rings (SSSR count). The molecule has 0 saturated carbocycles. The highest BCUT2D eigenvalue weighted by molar-refractivity contribution is 5.89. The van der Waals surface area contributed by atoms with Gasteiger partial charge in [-0.25, -0.2) is 8.78 Å². The Labute approximate surface area is 171 Å². The largest absolute Gasteiger partial charge is 0.443 e. The summed E-state index contributed by atoms with van der Waals surface area (Å²) >= 11 is 0. The zero-order chi connectivity index (χ0) is 21.7. The van der Waals surface area contributed by atoms with E-state index in [2.05, 4.69) is 0 Å². The Morgan fingerprint density at radius 3 is 2.20 bits per heavy atom. The summed E-state index contributed by atoms with van der Waals surface area (Å²) in [6, 6.07) is 17.1. The molecule has 0 amide bonds. The van der Waals surface area contributed by atoms with Gasteiger partial charge in [-0.3, -0.25) is 5.41 Å². The summed E-state index contributed by atoms with van der Waals surface area (Å²) in [6.07, 6.45) is -1.48. The Morgan fingerprint density at radius 1 is 0.967 bits per heavy atom. The number of fused-ring (bicyclic) bond motifs is 2. The zero-order valence-electron chi connectivity index (χ0n) is 15.7. The number of hydrogen-bond acceptors (Lipinski definition) is 6. The Bertz CT molecular complexity index is 1170. The van der Waals surface area contributed by atoms with Gasteiger partial charge in [0.05, 0.1) is 24.1 Å². The van der Waals surface area contributed by atoms with Crippen LogP contribution in [0.5, 0.6) is 0 Å². The molecule has 0 spiro atoms. The summed E-state index contributed by atoms with van der Waals surface area (Å²) < 4.78 is 39.5. The number of nitrogens with one attached hydrogen (secondary N) is 1. The van der Waals surface area contributed by atoms with Crippen LogP contribution in [0.1, 0.15) is 24.2 Å². The average Bonchev–Trinajstić information content (AvgIpc) is 2.93. The number of halogens is 2. The van der Waals surface area contributed by atoms with E-state index in [1.54, 1.807) is 37.3 Å². The van der Waals surface area contributed by atoms with E-state index in [1.165, 1.54) is 6.07 Å². The first kappa shape index (κ1) is 19.5. The van der Waals surface area contributed by atoms with E-state index in [1.807, 2.05) is 18.2 Å². The van der Waals surface area contributed by atoms with Crippen LogP contribution in [-0.4, -0.2) is 5.90 Å². The molecule has 148 valence electrons. The van der Waals surface area contributed by atoms with Gasteiger partial charge < -0.3 is 9.47 Å². The lowest BCUT2D eigenvalue weighted by Gasteiger charge is -2.48. The van der Waals surface area contributed by atoms with Gasteiger partial charge in [0.15, 0.2) is 17.0 Å². The fourth-order valence-corrected chi connectivity index (χ4v) is 4.51. The fraction of sp³-hybridized carbons (Fsp3) is 0.273. The van der Waals surface area contributed by atoms with Crippen molar-refractivity contribution in [1.82, 2.24) is 0 Å². The number of benzene rings is 2. The van der Waals surface area contributed by atoms with Crippen molar-refractivity contribution in [3.63, 3.8) is 0 Å². The molecular formula is C22H14F2N4O2. The van der Waals surface area contributed by atoms with Crippen molar-refractivity contribution in [2.75, 3.05) is 0 Å². The topological polar surface area (TPSA) is 114 Å². The highest BCUT2D eigenvalue weighted by Gasteiger charge is 2.79. The molecule has 0 aliphatic carbocycles. The summed E-state index contributed by atoms with van der Waals surface area (Å²) in [5.74, 6) is -5.47. The SMILES string of the molecule is CC1C2(c3ccccc3)OC(=N)C1(C#N)C(C#N)(C#N)C(c1ccc(F)c(F)c1)O2. The van der Waals surface area contributed by atoms with Crippen LogP contribution in [0, 0.1) is 67.8 Å². The van der Waals surface area contributed by atoms with E-state index in [0.717, 1.165) is 12.1 Å². The van der Waals surface area contributed by atoms with Crippen molar-refractivity contribution in [3.8, 4) is 18.2 Å². The van der Waals surface area contributed by atoms with Gasteiger partial charge in [0.25, 0.3) is 0 Å². The number of nitriles is 3. The molecule has 6 nitrogen and oxygen atoms in total. The van der Waals surface area contributed by atoms with Crippen LogP contribution in [0.15, 0.2) is 48.5 Å². The van der Waals surface area contributed by atoms with E-state index in [4.69, 9.17) is 14.9 Å². The summed E-state index contributed by atoms with van der Waals surface area (Å²) in [6.45, 7) is 1.57. The van der Waals surface area contributed by atoms with Gasteiger partial charge in [0.1, 0.15) is 6.10 Å². The fourth-order valence-electron chi connectivity index (χ4n) is 4.51. The minimum absolute atomic E-state index is 0.0119. The molecular weight excluding hydrogens is 390 g/mol. The maximum Gasteiger partial charge on any atom is 0.244 e. The minimum atomic E-state index is -2.24. The predicted octanol–water partition coefficient (Wildman–Crippen LogP) is 4.08. The number of hydrogen-bond donors (Lipinski definition) is 1. The summed E-state index contributed by atoms with van der Waals surface area (Å²) in [4.78, 5) is 0. The monoisotopic (exact) mass is 404 g/mol. The molecule has 8 heteroatoms. The second-order valence-electron chi connectivity index (χ2n) is 7.31. The molecule has 2 aromatic rings. The van der Waals surface area contributed by atoms with Crippen LogP contribution < -0.4 is 0 Å². The molecule has 1 N–H and O–H groups in total. The third kappa shape index (κ3) is 2.08. The molecule has 4 unspecified atom stereocenters. The van der Waals surface area contributed by atoms with Crippen molar-refractivity contribution < 1.29 is 18.3 Å². The van der Waals surface area contributed by atoms with Gasteiger partial charge in [0.2, 0.25) is 17.1 Å². The van der Waals surface area contributed by atoms with Crippen LogP contribution in [0.2, 0.25) is 0 Å². The summed E-state index contributed by atoms with van der Waals surface area (Å²) in [7, 11) is 0. The molecule has 2 heterocycles. The maximum atomic E-state index is 14.0. The van der Waals surface area contributed by atoms with Crippen LogP contribution in [0.4, 0.5) is 8.78 Å². The minimum Gasteiger partial charge on any atom is -0.443 e. The highest BCUT2D eigenvalue weighted by atomic mass is 19.2. The van der Waals surface area contributed by atoms with E-state index in [-0.39, 0.29) is 5.56 Å². The second-order valence-corrected chi connectivity index (χ2v) is 7.31. The molecule has 2 fully saturated rings. The van der Waals surface area contributed by atoms with Crippen LogP contribution >= 0.6 is 0 Å². The third-order valence-corrected chi connectivity index (χ3v) is 6.09. The smallest absolute Gasteiger partial charge is 0.244 e. The molecule has 2 aliphatic heterocycles. The molecule has 30 heavy (non-hydrogen) atoms. The quantitative estimate of drug-likeness (QED) is 0.810. The van der Waals surface area contributed by atoms with Crippen molar-refractivity contribution in [2.45, 2.75) is 18.8 Å². The average molecular weight is 404 g/mol. The van der Waals surface area contributed by atoms with Crippen LogP contribution in [-0.2, 0) is 15.3 Å². The standard InChI is InChI=1S/C22H14F2N4O2/c1-13-21(12-27)19(28)30-22(13,15-5-3-2-4-6-15)29-18(20(21,10-25)11-26)14-7-8-16(23)17(24)9-14/h2-9,13,18,28H,1H3. The number of nitrogens with zero attached hydrogens (tertiary/aromatic N) is 3. The lowest BCUT2D eigenvalue weighted by molar-refractivity contribution is -0.288.